The Bertz CT molecular complexity index is 295. The lowest BCUT2D eigenvalue weighted by Gasteiger charge is -2.05. The van der Waals surface area contributed by atoms with Crippen LogP contribution < -0.4 is 4.74 Å². The van der Waals surface area contributed by atoms with E-state index in [0.29, 0.717) is 19.6 Å². The molecular formula is C13H17O3. The molecule has 16 heavy (non-hydrogen) atoms. The number of para-hydroxylation sites is 1. The molecule has 0 spiro atoms. The van der Waals surface area contributed by atoms with E-state index in [1.165, 1.54) is 0 Å². The Labute approximate surface area is 96.4 Å². The summed E-state index contributed by atoms with van der Waals surface area (Å²) in [5.74, 6) is 0.618. The predicted octanol–water partition coefficient (Wildman–Crippen LogP) is 2.60. The minimum Gasteiger partial charge on any atom is -0.493 e. The number of esters is 1. The van der Waals surface area contributed by atoms with Gasteiger partial charge in [-0.15, -0.1) is 0 Å². The third kappa shape index (κ3) is 5.39. The van der Waals surface area contributed by atoms with Crippen LogP contribution in [0, 0.1) is 6.07 Å². The Morgan fingerprint density at radius 1 is 1.38 bits per heavy atom. The molecule has 87 valence electrons. The highest BCUT2D eigenvalue weighted by Crippen LogP contribution is 2.08. The topological polar surface area (TPSA) is 35.5 Å². The van der Waals surface area contributed by atoms with Crippen molar-refractivity contribution in [1.29, 1.82) is 0 Å². The molecule has 1 aromatic rings. The van der Waals surface area contributed by atoms with Crippen molar-refractivity contribution >= 4 is 5.97 Å². The molecule has 0 aliphatic rings. The number of carbonyl (C=O) groups excluding carboxylic acids is 1. The Morgan fingerprint density at radius 2 is 2.25 bits per heavy atom. The quantitative estimate of drug-likeness (QED) is 0.524. The number of hydrogen-bond donors (Lipinski definition) is 0. The Morgan fingerprint density at radius 3 is 2.94 bits per heavy atom. The number of hydrogen-bond acceptors (Lipinski definition) is 3. The molecule has 0 aromatic heterocycles. The SMILES string of the molecule is CCOC(=O)CCCCOc1[c]cccc1. The molecule has 0 bridgehead atoms. The first-order chi connectivity index (χ1) is 7.83. The minimum absolute atomic E-state index is 0.131. The zero-order chi connectivity index (χ0) is 11.6. The summed E-state index contributed by atoms with van der Waals surface area (Å²) in [6.45, 7) is 2.88. The van der Waals surface area contributed by atoms with E-state index in [2.05, 4.69) is 6.07 Å². The molecule has 0 saturated carbocycles. The second-order valence-electron chi connectivity index (χ2n) is 3.34. The van der Waals surface area contributed by atoms with Gasteiger partial charge in [-0.2, -0.15) is 0 Å². The van der Waals surface area contributed by atoms with Gasteiger partial charge in [0.2, 0.25) is 0 Å². The van der Waals surface area contributed by atoms with E-state index in [4.69, 9.17) is 9.47 Å². The smallest absolute Gasteiger partial charge is 0.305 e. The molecule has 1 rings (SSSR count). The molecule has 0 aliphatic heterocycles. The van der Waals surface area contributed by atoms with E-state index in [1.54, 1.807) is 0 Å². The van der Waals surface area contributed by atoms with Crippen molar-refractivity contribution in [3.63, 3.8) is 0 Å². The summed E-state index contributed by atoms with van der Waals surface area (Å²) in [5, 5.41) is 0. The zero-order valence-electron chi connectivity index (χ0n) is 9.57. The summed E-state index contributed by atoms with van der Waals surface area (Å²) in [5.41, 5.74) is 0. The maximum Gasteiger partial charge on any atom is 0.305 e. The third-order valence-electron chi connectivity index (χ3n) is 2.02. The highest BCUT2D eigenvalue weighted by atomic mass is 16.5. The molecule has 1 aromatic carbocycles. The first-order valence-electron chi connectivity index (χ1n) is 5.58. The lowest BCUT2D eigenvalue weighted by molar-refractivity contribution is -0.143. The van der Waals surface area contributed by atoms with E-state index in [-0.39, 0.29) is 5.97 Å². The van der Waals surface area contributed by atoms with Crippen LogP contribution >= 0.6 is 0 Å². The van der Waals surface area contributed by atoms with Gasteiger partial charge in [-0.05, 0) is 25.8 Å². The van der Waals surface area contributed by atoms with Crippen LogP contribution in [0.5, 0.6) is 5.75 Å². The predicted molar refractivity (Wildman–Crippen MR) is 61.3 cm³/mol. The van der Waals surface area contributed by atoms with Crippen LogP contribution in [0.15, 0.2) is 24.3 Å². The summed E-state index contributed by atoms with van der Waals surface area (Å²) in [6, 6.07) is 10.5. The third-order valence-corrected chi connectivity index (χ3v) is 2.02. The summed E-state index contributed by atoms with van der Waals surface area (Å²) in [4.78, 5) is 11.0. The van der Waals surface area contributed by atoms with Crippen LogP contribution in [0.3, 0.4) is 0 Å². The van der Waals surface area contributed by atoms with Crippen molar-refractivity contribution in [1.82, 2.24) is 0 Å². The lowest BCUT2D eigenvalue weighted by Crippen LogP contribution is -2.05. The first kappa shape index (κ1) is 12.6. The second kappa shape index (κ2) is 7.74. The van der Waals surface area contributed by atoms with Crippen molar-refractivity contribution < 1.29 is 14.3 Å². The van der Waals surface area contributed by atoms with Crippen molar-refractivity contribution in [3.8, 4) is 5.75 Å². The highest BCUT2D eigenvalue weighted by molar-refractivity contribution is 5.69. The van der Waals surface area contributed by atoms with Crippen LogP contribution in [-0.4, -0.2) is 19.2 Å². The molecule has 0 amide bonds. The van der Waals surface area contributed by atoms with Crippen molar-refractivity contribution in [3.05, 3.63) is 30.3 Å². The van der Waals surface area contributed by atoms with Gasteiger partial charge in [-0.25, -0.2) is 0 Å². The molecule has 0 fully saturated rings. The van der Waals surface area contributed by atoms with Gasteiger partial charge in [0, 0.05) is 12.5 Å². The van der Waals surface area contributed by atoms with Crippen LogP contribution in [0.25, 0.3) is 0 Å². The van der Waals surface area contributed by atoms with Gasteiger partial charge < -0.3 is 9.47 Å². The number of rotatable bonds is 7. The van der Waals surface area contributed by atoms with E-state index in [1.807, 2.05) is 31.2 Å². The van der Waals surface area contributed by atoms with Gasteiger partial charge in [0.15, 0.2) is 0 Å². The number of ether oxygens (including phenoxy) is 2. The lowest BCUT2D eigenvalue weighted by atomic mass is 10.2. The van der Waals surface area contributed by atoms with E-state index in [9.17, 15) is 4.79 Å². The van der Waals surface area contributed by atoms with Crippen LogP contribution in [0.4, 0.5) is 0 Å². The first-order valence-corrected chi connectivity index (χ1v) is 5.58. The molecule has 3 heteroatoms. The van der Waals surface area contributed by atoms with E-state index < -0.39 is 0 Å². The normalized spacial score (nSPS) is 9.81. The molecule has 0 atom stereocenters. The maximum atomic E-state index is 11.0. The zero-order valence-corrected chi connectivity index (χ0v) is 9.57. The molecule has 1 radical (unpaired) electrons. The maximum absolute atomic E-state index is 11.0. The fourth-order valence-corrected chi connectivity index (χ4v) is 1.25. The minimum atomic E-state index is -0.131. The summed E-state index contributed by atoms with van der Waals surface area (Å²) >= 11 is 0. The average molecular weight is 221 g/mol. The Balaban J connectivity index is 2.02. The summed E-state index contributed by atoms with van der Waals surface area (Å²) in [7, 11) is 0. The number of benzene rings is 1. The van der Waals surface area contributed by atoms with E-state index in [0.717, 1.165) is 18.6 Å². The Kier molecular flexibility index (Phi) is 6.07. The van der Waals surface area contributed by atoms with Crippen LogP contribution in [0.1, 0.15) is 26.2 Å². The fourth-order valence-electron chi connectivity index (χ4n) is 1.25. The van der Waals surface area contributed by atoms with Crippen LogP contribution in [-0.2, 0) is 9.53 Å². The molecular weight excluding hydrogens is 204 g/mol. The van der Waals surface area contributed by atoms with Crippen molar-refractivity contribution in [2.45, 2.75) is 26.2 Å². The van der Waals surface area contributed by atoms with Gasteiger partial charge in [0.05, 0.1) is 13.2 Å². The molecule has 0 saturated heterocycles. The van der Waals surface area contributed by atoms with Gasteiger partial charge in [0.1, 0.15) is 5.75 Å². The van der Waals surface area contributed by atoms with Gasteiger partial charge in [-0.3, -0.25) is 4.79 Å². The highest BCUT2D eigenvalue weighted by Gasteiger charge is 2.00. The number of unbranched alkanes of at least 4 members (excludes halogenated alkanes) is 1. The molecule has 0 aliphatic carbocycles. The fraction of sp³-hybridized carbons (Fsp3) is 0.462. The molecule has 3 nitrogen and oxygen atoms in total. The average Bonchev–Trinajstić information content (AvgIpc) is 2.30. The summed E-state index contributed by atoms with van der Waals surface area (Å²) < 4.78 is 10.3. The number of carbonyl (C=O) groups is 1. The van der Waals surface area contributed by atoms with Gasteiger partial charge in [0.25, 0.3) is 0 Å². The van der Waals surface area contributed by atoms with Crippen LogP contribution in [0.2, 0.25) is 0 Å². The largest absolute Gasteiger partial charge is 0.493 e. The molecule has 0 heterocycles. The van der Waals surface area contributed by atoms with Gasteiger partial charge >= 0.3 is 5.97 Å². The monoisotopic (exact) mass is 221 g/mol. The van der Waals surface area contributed by atoms with Gasteiger partial charge in [-0.1, -0.05) is 18.2 Å². The van der Waals surface area contributed by atoms with E-state index >= 15 is 0 Å². The summed E-state index contributed by atoms with van der Waals surface area (Å²) in [6.07, 6.45) is 2.11. The Hall–Kier alpha value is -1.51. The van der Waals surface area contributed by atoms with Crippen molar-refractivity contribution in [2.75, 3.05) is 13.2 Å². The van der Waals surface area contributed by atoms with Crippen molar-refractivity contribution in [2.24, 2.45) is 0 Å². The second-order valence-corrected chi connectivity index (χ2v) is 3.34. The molecule has 0 unspecified atom stereocenters. The molecule has 0 N–H and O–H groups in total. The standard InChI is InChI=1S/C13H17O3/c1-2-15-13(14)10-6-7-11-16-12-8-4-3-5-9-12/h3-5,8H,2,6-7,10-11H2,1H3.